The lowest BCUT2D eigenvalue weighted by atomic mass is 9.81. The predicted octanol–water partition coefficient (Wildman–Crippen LogP) is 4.74. The number of hydrogen-bond acceptors (Lipinski definition) is 1. The fourth-order valence-corrected chi connectivity index (χ4v) is 1.88. The maximum atomic E-state index is 11.6. The van der Waals surface area contributed by atoms with Crippen molar-refractivity contribution in [3.63, 3.8) is 0 Å². The monoisotopic (exact) mass is 244 g/mol. The average Bonchev–Trinajstić information content (AvgIpc) is 2.23. The van der Waals surface area contributed by atoms with Crippen molar-refractivity contribution < 1.29 is 4.79 Å². The largest absolute Gasteiger partial charge is 0.300 e. The molecule has 0 rings (SSSR count). The molecule has 94 valence electrons. The number of Topliss-reactive ketones (excluding diaryl/α,β-unsaturated/α-hetero) is 1. The Bertz CT molecular complexity index is 231. The molecule has 2 heteroatoms. The fourth-order valence-electron chi connectivity index (χ4n) is 1.79. The second-order valence-corrected chi connectivity index (χ2v) is 5.63. The molecule has 0 bridgehead atoms. The topological polar surface area (TPSA) is 17.1 Å². The fraction of sp³-hybridized carbons (Fsp3) is 0.786. The molecule has 0 aliphatic carbocycles. The van der Waals surface area contributed by atoms with E-state index in [1.165, 1.54) is 0 Å². The number of carbonyl (C=O) groups is 1. The van der Waals surface area contributed by atoms with Gasteiger partial charge in [0.1, 0.15) is 5.78 Å². The summed E-state index contributed by atoms with van der Waals surface area (Å²) in [6.07, 6.45) is 5.40. The summed E-state index contributed by atoms with van der Waals surface area (Å²) in [4.78, 5) is 11.6. The van der Waals surface area contributed by atoms with Crippen LogP contribution in [0.15, 0.2) is 12.2 Å². The van der Waals surface area contributed by atoms with Crippen molar-refractivity contribution in [2.75, 3.05) is 5.88 Å². The molecular formula is C14H25ClO. The molecule has 0 N–H and O–H groups in total. The molecule has 0 aromatic carbocycles. The van der Waals surface area contributed by atoms with Crippen LogP contribution < -0.4 is 0 Å². The summed E-state index contributed by atoms with van der Waals surface area (Å²) < 4.78 is 0. The number of hydrogen-bond donors (Lipinski definition) is 0. The molecule has 0 radical (unpaired) electrons. The zero-order valence-corrected chi connectivity index (χ0v) is 11.7. The Hall–Kier alpha value is -0.300. The van der Waals surface area contributed by atoms with Gasteiger partial charge in [0.15, 0.2) is 0 Å². The lowest BCUT2D eigenvalue weighted by molar-refractivity contribution is -0.119. The van der Waals surface area contributed by atoms with Gasteiger partial charge < -0.3 is 0 Å². The molecular weight excluding hydrogens is 220 g/mol. The van der Waals surface area contributed by atoms with Gasteiger partial charge in [-0.3, -0.25) is 4.79 Å². The Morgan fingerprint density at radius 1 is 1.31 bits per heavy atom. The second-order valence-electron chi connectivity index (χ2n) is 5.37. The Labute approximate surface area is 105 Å². The SMILES string of the molecule is C=C(CCl)CC(C)(C)CCC(=O)CCCC. The van der Waals surface area contributed by atoms with Crippen molar-refractivity contribution >= 4 is 17.4 Å². The highest BCUT2D eigenvalue weighted by Crippen LogP contribution is 2.30. The molecule has 0 saturated carbocycles. The third-order valence-corrected chi connectivity index (χ3v) is 3.19. The lowest BCUT2D eigenvalue weighted by Crippen LogP contribution is -2.15. The van der Waals surface area contributed by atoms with Gasteiger partial charge in [0.25, 0.3) is 0 Å². The minimum atomic E-state index is 0.147. The number of ketones is 1. The van der Waals surface area contributed by atoms with E-state index < -0.39 is 0 Å². The highest BCUT2D eigenvalue weighted by molar-refractivity contribution is 6.19. The highest BCUT2D eigenvalue weighted by atomic mass is 35.5. The molecule has 0 heterocycles. The quantitative estimate of drug-likeness (QED) is 0.423. The summed E-state index contributed by atoms with van der Waals surface area (Å²) in [6.45, 7) is 10.4. The van der Waals surface area contributed by atoms with Crippen LogP contribution >= 0.6 is 11.6 Å². The standard InChI is InChI=1S/C14H25ClO/c1-5-6-7-13(16)8-9-14(3,4)10-12(2)11-15/h2,5-11H2,1,3-4H3. The van der Waals surface area contributed by atoms with Crippen LogP contribution in [-0.2, 0) is 4.79 Å². The van der Waals surface area contributed by atoms with Crippen molar-refractivity contribution in [1.82, 2.24) is 0 Å². The Morgan fingerprint density at radius 3 is 2.44 bits per heavy atom. The van der Waals surface area contributed by atoms with Crippen LogP contribution in [0.5, 0.6) is 0 Å². The van der Waals surface area contributed by atoms with Crippen molar-refractivity contribution in [1.29, 1.82) is 0 Å². The predicted molar refractivity (Wildman–Crippen MR) is 72.0 cm³/mol. The molecule has 0 spiro atoms. The Morgan fingerprint density at radius 2 is 1.94 bits per heavy atom. The van der Waals surface area contributed by atoms with Gasteiger partial charge in [-0.05, 0) is 24.7 Å². The first-order valence-electron chi connectivity index (χ1n) is 6.15. The maximum absolute atomic E-state index is 11.6. The van der Waals surface area contributed by atoms with Crippen molar-refractivity contribution in [3.8, 4) is 0 Å². The number of carbonyl (C=O) groups excluding carboxylic acids is 1. The second kappa shape index (κ2) is 7.89. The van der Waals surface area contributed by atoms with Gasteiger partial charge >= 0.3 is 0 Å². The summed E-state index contributed by atoms with van der Waals surface area (Å²) in [6, 6.07) is 0. The maximum Gasteiger partial charge on any atom is 0.132 e. The van der Waals surface area contributed by atoms with Crippen LogP contribution in [-0.4, -0.2) is 11.7 Å². The van der Waals surface area contributed by atoms with Crippen molar-refractivity contribution in [2.24, 2.45) is 5.41 Å². The van der Waals surface area contributed by atoms with Gasteiger partial charge in [0, 0.05) is 18.7 Å². The first-order valence-corrected chi connectivity index (χ1v) is 6.69. The molecule has 0 fully saturated rings. The van der Waals surface area contributed by atoms with Crippen LogP contribution in [0.25, 0.3) is 0 Å². The van der Waals surface area contributed by atoms with Gasteiger partial charge in [-0.15, -0.1) is 11.6 Å². The van der Waals surface area contributed by atoms with Crippen LogP contribution in [0.3, 0.4) is 0 Å². The van der Waals surface area contributed by atoms with E-state index in [9.17, 15) is 4.79 Å². The van der Waals surface area contributed by atoms with E-state index in [2.05, 4.69) is 27.4 Å². The smallest absolute Gasteiger partial charge is 0.132 e. The number of allylic oxidation sites excluding steroid dienone is 1. The molecule has 0 aromatic rings. The summed E-state index contributed by atoms with van der Waals surface area (Å²) in [5.74, 6) is 0.916. The first kappa shape index (κ1) is 15.7. The van der Waals surface area contributed by atoms with E-state index in [0.29, 0.717) is 18.1 Å². The number of unbranched alkanes of at least 4 members (excludes halogenated alkanes) is 1. The summed E-state index contributed by atoms with van der Waals surface area (Å²) in [5, 5.41) is 0. The minimum Gasteiger partial charge on any atom is -0.300 e. The molecule has 0 amide bonds. The van der Waals surface area contributed by atoms with Gasteiger partial charge in [0.05, 0.1) is 0 Å². The summed E-state index contributed by atoms with van der Waals surface area (Å²) >= 11 is 5.72. The summed E-state index contributed by atoms with van der Waals surface area (Å²) in [5.41, 5.74) is 1.21. The normalized spacial score (nSPS) is 11.5. The average molecular weight is 245 g/mol. The molecule has 16 heavy (non-hydrogen) atoms. The van der Waals surface area contributed by atoms with Gasteiger partial charge in [0.2, 0.25) is 0 Å². The third kappa shape index (κ3) is 7.92. The molecule has 0 atom stereocenters. The summed E-state index contributed by atoms with van der Waals surface area (Å²) in [7, 11) is 0. The van der Waals surface area contributed by atoms with Crippen LogP contribution in [0, 0.1) is 5.41 Å². The molecule has 0 saturated heterocycles. The Balaban J connectivity index is 3.89. The van der Waals surface area contributed by atoms with E-state index >= 15 is 0 Å². The molecule has 0 aliphatic rings. The van der Waals surface area contributed by atoms with E-state index in [4.69, 9.17) is 11.6 Å². The van der Waals surface area contributed by atoms with Crippen LogP contribution in [0.2, 0.25) is 0 Å². The number of alkyl halides is 1. The zero-order valence-electron chi connectivity index (χ0n) is 10.9. The highest BCUT2D eigenvalue weighted by Gasteiger charge is 2.19. The number of halogens is 1. The lowest BCUT2D eigenvalue weighted by Gasteiger charge is -2.24. The Kier molecular flexibility index (Phi) is 7.74. The van der Waals surface area contributed by atoms with E-state index in [1.54, 1.807) is 0 Å². The van der Waals surface area contributed by atoms with E-state index in [0.717, 1.165) is 37.7 Å². The third-order valence-electron chi connectivity index (χ3n) is 2.81. The van der Waals surface area contributed by atoms with Gasteiger partial charge in [-0.1, -0.05) is 39.3 Å². The van der Waals surface area contributed by atoms with Gasteiger partial charge in [-0.25, -0.2) is 0 Å². The van der Waals surface area contributed by atoms with Crippen LogP contribution in [0.1, 0.15) is 59.3 Å². The van der Waals surface area contributed by atoms with Crippen molar-refractivity contribution in [3.05, 3.63) is 12.2 Å². The molecule has 0 unspecified atom stereocenters. The molecule has 0 aliphatic heterocycles. The zero-order chi connectivity index (χ0) is 12.6. The van der Waals surface area contributed by atoms with E-state index in [-0.39, 0.29) is 5.41 Å². The number of rotatable bonds is 9. The van der Waals surface area contributed by atoms with Crippen molar-refractivity contribution in [2.45, 2.75) is 59.3 Å². The molecule has 1 nitrogen and oxygen atoms in total. The van der Waals surface area contributed by atoms with Gasteiger partial charge in [-0.2, -0.15) is 0 Å². The van der Waals surface area contributed by atoms with E-state index in [1.807, 2.05) is 0 Å². The van der Waals surface area contributed by atoms with Crippen LogP contribution in [0.4, 0.5) is 0 Å². The minimum absolute atomic E-state index is 0.147. The molecule has 0 aromatic heterocycles. The first-order chi connectivity index (χ1) is 7.41.